The van der Waals surface area contributed by atoms with E-state index in [0.29, 0.717) is 13.1 Å². The fourth-order valence-corrected chi connectivity index (χ4v) is 2.38. The third kappa shape index (κ3) is 4.20. The van der Waals surface area contributed by atoms with Gasteiger partial charge in [0.1, 0.15) is 0 Å². The summed E-state index contributed by atoms with van der Waals surface area (Å²) in [5.74, 6) is -0.703. The molecular formula is C13H20ClN5O4. The molecule has 10 heteroatoms. The average molecular weight is 346 g/mol. The van der Waals surface area contributed by atoms with Gasteiger partial charge in [-0.25, -0.2) is 4.57 Å². The normalized spacial score (nSPS) is 14.1. The summed E-state index contributed by atoms with van der Waals surface area (Å²) in [5, 5.41) is 14.0. The highest BCUT2D eigenvalue weighted by molar-refractivity contribution is 5.95. The zero-order chi connectivity index (χ0) is 16.3. The maximum Gasteiger partial charge on any atom is 0.323 e. The van der Waals surface area contributed by atoms with Gasteiger partial charge in [0.15, 0.2) is 5.69 Å². The fraction of sp³-hybridized carbons (Fsp3) is 0.538. The molecule has 0 atom stereocenters. The van der Waals surface area contributed by atoms with E-state index < -0.39 is 10.8 Å². The van der Waals surface area contributed by atoms with Crippen molar-refractivity contribution >= 4 is 30.0 Å². The molecule has 0 unspecified atom stereocenters. The lowest BCUT2D eigenvalue weighted by atomic mass is 10.3. The third-order valence-corrected chi connectivity index (χ3v) is 3.69. The van der Waals surface area contributed by atoms with Gasteiger partial charge in [0, 0.05) is 39.3 Å². The van der Waals surface area contributed by atoms with E-state index in [1.807, 2.05) is 0 Å². The number of nitro groups is 1. The van der Waals surface area contributed by atoms with Gasteiger partial charge >= 0.3 is 5.82 Å². The van der Waals surface area contributed by atoms with Crippen LogP contribution in [0.25, 0.3) is 0 Å². The molecule has 0 aliphatic carbocycles. The number of piperazine rings is 1. The molecular weight excluding hydrogens is 326 g/mol. The van der Waals surface area contributed by atoms with Crippen LogP contribution in [0, 0.1) is 10.1 Å². The summed E-state index contributed by atoms with van der Waals surface area (Å²) in [5.41, 5.74) is 0.183. The molecule has 2 amide bonds. The number of likely N-dealkylation sites (N-methyl/N-ethyl adjacent to an activating group) is 1. The van der Waals surface area contributed by atoms with Gasteiger partial charge in [-0.1, -0.05) is 0 Å². The second-order valence-electron chi connectivity index (χ2n) is 5.18. The van der Waals surface area contributed by atoms with Gasteiger partial charge in [0.25, 0.3) is 5.91 Å². The molecule has 0 radical (unpaired) electrons. The Kier molecular flexibility index (Phi) is 6.52. The lowest BCUT2D eigenvalue weighted by molar-refractivity contribution is -0.391. The van der Waals surface area contributed by atoms with Crippen LogP contribution in [-0.4, -0.2) is 70.9 Å². The summed E-state index contributed by atoms with van der Waals surface area (Å²) in [7, 11) is 2.97. The number of halogens is 1. The lowest BCUT2D eigenvalue weighted by Crippen LogP contribution is -2.49. The van der Waals surface area contributed by atoms with Crippen LogP contribution in [0.4, 0.5) is 5.82 Å². The Balaban J connectivity index is 0.00000264. The quantitative estimate of drug-likeness (QED) is 0.604. The lowest BCUT2D eigenvalue weighted by Gasteiger charge is -2.29. The number of aromatic nitrogens is 1. The molecule has 9 nitrogen and oxygen atoms in total. The first-order chi connectivity index (χ1) is 10.4. The topological polar surface area (TPSA) is 101 Å². The van der Waals surface area contributed by atoms with Gasteiger partial charge in [-0.15, -0.1) is 12.4 Å². The molecule has 2 rings (SSSR count). The SMILES string of the molecule is CN(CC(=O)N1CCNCC1)C(=O)c1ccc([N+](=O)[O-])n1C.Cl. The van der Waals surface area contributed by atoms with Crippen molar-refractivity contribution in [1.29, 1.82) is 0 Å². The molecule has 1 fully saturated rings. The Bertz CT molecular complexity index is 597. The van der Waals surface area contributed by atoms with Crippen molar-refractivity contribution in [2.75, 3.05) is 39.8 Å². The summed E-state index contributed by atoms with van der Waals surface area (Å²) >= 11 is 0. The summed E-state index contributed by atoms with van der Waals surface area (Å²) in [6.07, 6.45) is 0. The van der Waals surface area contributed by atoms with Crippen LogP contribution in [-0.2, 0) is 11.8 Å². The minimum Gasteiger partial charge on any atom is -0.358 e. The predicted molar refractivity (Wildman–Crippen MR) is 85.7 cm³/mol. The van der Waals surface area contributed by atoms with Crippen LogP contribution < -0.4 is 5.32 Å². The average Bonchev–Trinajstić information content (AvgIpc) is 2.89. The summed E-state index contributed by atoms with van der Waals surface area (Å²) < 4.78 is 1.22. The summed E-state index contributed by atoms with van der Waals surface area (Å²) in [6, 6.07) is 2.67. The Hall–Kier alpha value is -2.13. The molecule has 0 saturated carbocycles. The van der Waals surface area contributed by atoms with Crippen molar-refractivity contribution in [3.05, 3.63) is 27.9 Å². The molecule has 1 aromatic rings. The smallest absolute Gasteiger partial charge is 0.323 e. The first-order valence-corrected chi connectivity index (χ1v) is 6.96. The minimum atomic E-state index is -0.553. The van der Waals surface area contributed by atoms with Crippen LogP contribution >= 0.6 is 12.4 Å². The predicted octanol–water partition coefficient (Wildman–Crippen LogP) is -0.141. The number of hydrogen-bond acceptors (Lipinski definition) is 5. The molecule has 1 aliphatic rings. The second kappa shape index (κ2) is 7.93. The van der Waals surface area contributed by atoms with Gasteiger partial charge in [-0.2, -0.15) is 0 Å². The number of amides is 2. The summed E-state index contributed by atoms with van der Waals surface area (Å²) in [4.78, 5) is 37.7. The van der Waals surface area contributed by atoms with Crippen molar-refractivity contribution in [3.8, 4) is 0 Å². The van der Waals surface area contributed by atoms with Crippen LogP contribution in [0.5, 0.6) is 0 Å². The Morgan fingerprint density at radius 2 is 1.96 bits per heavy atom. The van der Waals surface area contributed by atoms with Crippen molar-refractivity contribution in [3.63, 3.8) is 0 Å². The number of nitrogens with zero attached hydrogens (tertiary/aromatic N) is 4. The van der Waals surface area contributed by atoms with Crippen molar-refractivity contribution < 1.29 is 14.5 Å². The van der Waals surface area contributed by atoms with Crippen LogP contribution in [0.2, 0.25) is 0 Å². The van der Waals surface area contributed by atoms with Gasteiger partial charge in [-0.3, -0.25) is 9.59 Å². The highest BCUT2D eigenvalue weighted by atomic mass is 35.5. The van der Waals surface area contributed by atoms with E-state index in [4.69, 9.17) is 0 Å². The molecule has 1 aliphatic heterocycles. The standard InChI is InChI=1S/C13H19N5O4.ClH/c1-15(9-12(19)17-7-5-14-6-8-17)13(20)10-3-4-11(16(10)2)18(21)22;/h3-4,14H,5-9H2,1-2H3;1H. The maximum atomic E-state index is 12.3. The first-order valence-electron chi connectivity index (χ1n) is 6.96. The Morgan fingerprint density at radius 1 is 1.35 bits per heavy atom. The fourth-order valence-electron chi connectivity index (χ4n) is 2.38. The van der Waals surface area contributed by atoms with Crippen LogP contribution in [0.15, 0.2) is 12.1 Å². The largest absolute Gasteiger partial charge is 0.358 e. The van der Waals surface area contributed by atoms with E-state index >= 15 is 0 Å². The molecule has 128 valence electrons. The monoisotopic (exact) mass is 345 g/mol. The Morgan fingerprint density at radius 3 is 2.48 bits per heavy atom. The number of hydrogen-bond donors (Lipinski definition) is 1. The number of carbonyl (C=O) groups is 2. The Labute approximate surface area is 139 Å². The maximum absolute atomic E-state index is 12.3. The zero-order valence-electron chi connectivity index (χ0n) is 13.0. The van der Waals surface area contributed by atoms with Crippen molar-refractivity contribution in [2.24, 2.45) is 7.05 Å². The molecule has 0 aromatic carbocycles. The summed E-state index contributed by atoms with van der Waals surface area (Å²) in [6.45, 7) is 2.69. The first kappa shape index (κ1) is 18.9. The highest BCUT2D eigenvalue weighted by Gasteiger charge is 2.26. The number of nitrogens with one attached hydrogen (secondary N) is 1. The molecule has 0 spiro atoms. The van der Waals surface area contributed by atoms with Gasteiger partial charge < -0.3 is 25.2 Å². The van der Waals surface area contributed by atoms with Crippen molar-refractivity contribution in [2.45, 2.75) is 0 Å². The van der Waals surface area contributed by atoms with E-state index in [9.17, 15) is 19.7 Å². The third-order valence-electron chi connectivity index (χ3n) is 3.69. The zero-order valence-corrected chi connectivity index (χ0v) is 13.8. The van der Waals surface area contributed by atoms with Crippen LogP contribution in [0.3, 0.4) is 0 Å². The minimum absolute atomic E-state index is 0. The highest BCUT2D eigenvalue weighted by Crippen LogP contribution is 2.16. The number of rotatable bonds is 4. The van der Waals surface area contributed by atoms with Gasteiger partial charge in [0.05, 0.1) is 13.6 Å². The molecule has 1 aromatic heterocycles. The molecule has 23 heavy (non-hydrogen) atoms. The van der Waals surface area contributed by atoms with E-state index in [0.717, 1.165) is 13.1 Å². The molecule has 1 N–H and O–H groups in total. The number of carbonyl (C=O) groups excluding carboxylic acids is 2. The van der Waals surface area contributed by atoms with Gasteiger partial charge in [0.2, 0.25) is 5.91 Å². The molecule has 1 saturated heterocycles. The van der Waals surface area contributed by atoms with Gasteiger partial charge in [-0.05, 0) is 11.0 Å². The molecule has 2 heterocycles. The van der Waals surface area contributed by atoms with E-state index in [-0.39, 0.29) is 36.4 Å². The van der Waals surface area contributed by atoms with Crippen LogP contribution in [0.1, 0.15) is 10.5 Å². The van der Waals surface area contributed by atoms with E-state index in [1.165, 1.54) is 35.7 Å². The molecule has 0 bridgehead atoms. The second-order valence-corrected chi connectivity index (χ2v) is 5.18. The van der Waals surface area contributed by atoms with E-state index in [2.05, 4.69) is 5.32 Å². The van der Waals surface area contributed by atoms with E-state index in [1.54, 1.807) is 4.90 Å². The van der Waals surface area contributed by atoms with Crippen molar-refractivity contribution in [1.82, 2.24) is 19.7 Å².